The fourth-order valence-electron chi connectivity index (χ4n) is 2.68. The van der Waals surface area contributed by atoms with Crippen LogP contribution in [0.4, 0.5) is 0 Å². The predicted octanol–water partition coefficient (Wildman–Crippen LogP) is 3.38. The van der Waals surface area contributed by atoms with Crippen LogP contribution in [-0.4, -0.2) is 45.8 Å². The number of hydrogen-bond donors (Lipinski definition) is 0. The van der Waals surface area contributed by atoms with Crippen molar-refractivity contribution in [2.24, 2.45) is 0 Å². The van der Waals surface area contributed by atoms with Crippen LogP contribution in [0.3, 0.4) is 0 Å². The van der Waals surface area contributed by atoms with Crippen LogP contribution in [0.1, 0.15) is 22.8 Å². The number of ether oxygens (including phenoxy) is 4. The topological polar surface area (TPSA) is 57.2 Å². The van der Waals surface area contributed by atoms with E-state index in [0.29, 0.717) is 41.7 Å². The van der Waals surface area contributed by atoms with Crippen molar-refractivity contribution in [3.05, 3.63) is 47.5 Å². The fourth-order valence-corrected chi connectivity index (χ4v) is 2.68. The van der Waals surface area contributed by atoms with Gasteiger partial charge in [-0.15, -0.1) is 0 Å². The standard InChI is InChI=1S/C20H25NO5/c1-6-21(13-14-7-9-18(25-4)19(11-14)26-5)20(22)16-12-15(23-2)8-10-17(16)24-3/h7-12H,6,13H2,1-5H3. The number of carbonyl (C=O) groups is 1. The first-order chi connectivity index (χ1) is 12.6. The third-order valence-electron chi connectivity index (χ3n) is 4.13. The Bertz CT molecular complexity index is 760. The van der Waals surface area contributed by atoms with Crippen LogP contribution in [-0.2, 0) is 6.54 Å². The smallest absolute Gasteiger partial charge is 0.258 e. The molecule has 0 aliphatic rings. The van der Waals surface area contributed by atoms with Crippen molar-refractivity contribution in [2.75, 3.05) is 35.0 Å². The van der Waals surface area contributed by atoms with Gasteiger partial charge < -0.3 is 23.8 Å². The molecule has 0 heterocycles. The van der Waals surface area contributed by atoms with Gasteiger partial charge in [-0.1, -0.05) is 6.07 Å². The van der Waals surface area contributed by atoms with Gasteiger partial charge in [-0.25, -0.2) is 0 Å². The number of nitrogens with zero attached hydrogens (tertiary/aromatic N) is 1. The van der Waals surface area contributed by atoms with Gasteiger partial charge in [0.2, 0.25) is 0 Å². The molecule has 2 rings (SSSR count). The van der Waals surface area contributed by atoms with Crippen molar-refractivity contribution in [1.29, 1.82) is 0 Å². The molecule has 1 amide bonds. The third kappa shape index (κ3) is 4.20. The molecule has 0 aliphatic carbocycles. The van der Waals surface area contributed by atoms with Crippen LogP contribution in [0.15, 0.2) is 36.4 Å². The van der Waals surface area contributed by atoms with Crippen molar-refractivity contribution in [2.45, 2.75) is 13.5 Å². The molecule has 2 aromatic rings. The van der Waals surface area contributed by atoms with E-state index in [9.17, 15) is 4.79 Å². The van der Waals surface area contributed by atoms with Gasteiger partial charge in [0.25, 0.3) is 5.91 Å². The second-order valence-corrected chi connectivity index (χ2v) is 5.57. The monoisotopic (exact) mass is 359 g/mol. The van der Waals surface area contributed by atoms with Crippen LogP contribution in [0.5, 0.6) is 23.0 Å². The van der Waals surface area contributed by atoms with E-state index in [1.807, 2.05) is 25.1 Å². The highest BCUT2D eigenvalue weighted by atomic mass is 16.5. The summed E-state index contributed by atoms with van der Waals surface area (Å²) in [7, 11) is 6.29. The minimum atomic E-state index is -0.127. The summed E-state index contributed by atoms with van der Waals surface area (Å²) in [6.07, 6.45) is 0. The average Bonchev–Trinajstić information content (AvgIpc) is 2.70. The number of benzene rings is 2. The highest BCUT2D eigenvalue weighted by Gasteiger charge is 2.20. The maximum atomic E-state index is 13.0. The minimum absolute atomic E-state index is 0.127. The van der Waals surface area contributed by atoms with Crippen molar-refractivity contribution >= 4 is 5.91 Å². The van der Waals surface area contributed by atoms with E-state index >= 15 is 0 Å². The molecule has 26 heavy (non-hydrogen) atoms. The van der Waals surface area contributed by atoms with E-state index in [4.69, 9.17) is 18.9 Å². The largest absolute Gasteiger partial charge is 0.497 e. The lowest BCUT2D eigenvalue weighted by Gasteiger charge is -2.23. The lowest BCUT2D eigenvalue weighted by atomic mass is 10.1. The molecule has 2 aromatic carbocycles. The van der Waals surface area contributed by atoms with E-state index in [0.717, 1.165) is 5.56 Å². The molecule has 0 saturated heterocycles. The molecule has 0 saturated carbocycles. The van der Waals surface area contributed by atoms with Gasteiger partial charge in [-0.05, 0) is 42.8 Å². The summed E-state index contributed by atoms with van der Waals surface area (Å²) < 4.78 is 21.2. The van der Waals surface area contributed by atoms with Crippen molar-refractivity contribution in [3.63, 3.8) is 0 Å². The Morgan fingerprint density at radius 2 is 1.50 bits per heavy atom. The molecule has 6 heteroatoms. The van der Waals surface area contributed by atoms with Crippen LogP contribution in [0.2, 0.25) is 0 Å². The van der Waals surface area contributed by atoms with E-state index in [-0.39, 0.29) is 5.91 Å². The first-order valence-corrected chi connectivity index (χ1v) is 8.30. The third-order valence-corrected chi connectivity index (χ3v) is 4.13. The average molecular weight is 359 g/mol. The van der Waals surface area contributed by atoms with E-state index in [2.05, 4.69) is 0 Å². The molecule has 0 fully saturated rings. The molecule has 0 spiro atoms. The SMILES string of the molecule is CCN(Cc1ccc(OC)c(OC)c1)C(=O)c1cc(OC)ccc1OC. The van der Waals surface area contributed by atoms with E-state index < -0.39 is 0 Å². The zero-order valence-corrected chi connectivity index (χ0v) is 15.9. The van der Waals surface area contributed by atoms with E-state index in [1.54, 1.807) is 51.5 Å². The maximum Gasteiger partial charge on any atom is 0.258 e. The van der Waals surface area contributed by atoms with Crippen LogP contribution < -0.4 is 18.9 Å². The number of methoxy groups -OCH3 is 4. The maximum absolute atomic E-state index is 13.0. The molecule has 140 valence electrons. The Balaban J connectivity index is 2.30. The van der Waals surface area contributed by atoms with Crippen molar-refractivity contribution in [1.82, 2.24) is 4.90 Å². The van der Waals surface area contributed by atoms with Crippen LogP contribution >= 0.6 is 0 Å². The van der Waals surface area contributed by atoms with Gasteiger partial charge in [-0.2, -0.15) is 0 Å². The quantitative estimate of drug-likeness (QED) is 0.723. The normalized spacial score (nSPS) is 10.2. The number of amides is 1. The highest BCUT2D eigenvalue weighted by Crippen LogP contribution is 2.29. The Morgan fingerprint density at radius 1 is 0.846 bits per heavy atom. The fraction of sp³-hybridized carbons (Fsp3) is 0.350. The predicted molar refractivity (Wildman–Crippen MR) is 99.5 cm³/mol. The van der Waals surface area contributed by atoms with Crippen molar-refractivity contribution < 1.29 is 23.7 Å². The molecule has 0 N–H and O–H groups in total. The van der Waals surface area contributed by atoms with Gasteiger partial charge in [0.15, 0.2) is 11.5 Å². The highest BCUT2D eigenvalue weighted by molar-refractivity contribution is 5.97. The van der Waals surface area contributed by atoms with E-state index in [1.165, 1.54) is 0 Å². The Morgan fingerprint density at radius 3 is 2.08 bits per heavy atom. The molecular weight excluding hydrogens is 334 g/mol. The molecule has 0 aromatic heterocycles. The molecule has 0 bridgehead atoms. The van der Waals surface area contributed by atoms with Gasteiger partial charge in [-0.3, -0.25) is 4.79 Å². The zero-order valence-electron chi connectivity index (χ0n) is 15.9. The molecule has 0 aliphatic heterocycles. The summed E-state index contributed by atoms with van der Waals surface area (Å²) >= 11 is 0. The number of carbonyl (C=O) groups excluding carboxylic acids is 1. The lowest BCUT2D eigenvalue weighted by molar-refractivity contribution is 0.0748. The van der Waals surface area contributed by atoms with Gasteiger partial charge in [0.05, 0.1) is 34.0 Å². The Hall–Kier alpha value is -2.89. The van der Waals surface area contributed by atoms with Gasteiger partial charge in [0.1, 0.15) is 11.5 Å². The summed E-state index contributed by atoms with van der Waals surface area (Å²) in [5.74, 6) is 2.28. The van der Waals surface area contributed by atoms with Crippen molar-refractivity contribution in [3.8, 4) is 23.0 Å². The second-order valence-electron chi connectivity index (χ2n) is 5.57. The number of hydrogen-bond acceptors (Lipinski definition) is 5. The lowest BCUT2D eigenvalue weighted by Crippen LogP contribution is -2.30. The molecular formula is C20H25NO5. The summed E-state index contributed by atoms with van der Waals surface area (Å²) in [5.41, 5.74) is 1.41. The number of rotatable bonds is 8. The molecule has 0 unspecified atom stereocenters. The van der Waals surface area contributed by atoms with Gasteiger partial charge >= 0.3 is 0 Å². The van der Waals surface area contributed by atoms with Crippen LogP contribution in [0.25, 0.3) is 0 Å². The van der Waals surface area contributed by atoms with Gasteiger partial charge in [0, 0.05) is 13.1 Å². The Kier molecular flexibility index (Phi) is 6.72. The first kappa shape index (κ1) is 19.4. The Labute approximate surface area is 154 Å². The zero-order chi connectivity index (χ0) is 19.1. The minimum Gasteiger partial charge on any atom is -0.497 e. The second kappa shape index (κ2) is 8.99. The summed E-state index contributed by atoms with van der Waals surface area (Å²) in [5, 5.41) is 0. The molecule has 0 atom stereocenters. The summed E-state index contributed by atoms with van der Waals surface area (Å²) in [6, 6.07) is 10.8. The summed E-state index contributed by atoms with van der Waals surface area (Å²) in [6.45, 7) is 2.93. The summed E-state index contributed by atoms with van der Waals surface area (Å²) in [4.78, 5) is 14.8. The van der Waals surface area contributed by atoms with Crippen LogP contribution in [0, 0.1) is 0 Å². The first-order valence-electron chi connectivity index (χ1n) is 8.30. The molecule has 0 radical (unpaired) electrons. The molecule has 6 nitrogen and oxygen atoms in total.